The molecule has 1 rings (SSSR count). The third-order valence-electron chi connectivity index (χ3n) is 5.11. The number of hydrogen-bond acceptors (Lipinski definition) is 3. The van der Waals surface area contributed by atoms with E-state index in [9.17, 15) is 8.42 Å². The van der Waals surface area contributed by atoms with Crippen LogP contribution in [-0.2, 0) is 9.84 Å². The molecule has 0 amide bonds. The van der Waals surface area contributed by atoms with Gasteiger partial charge in [0, 0.05) is 11.8 Å². The van der Waals surface area contributed by atoms with E-state index in [1.54, 1.807) is 6.92 Å². The van der Waals surface area contributed by atoms with Gasteiger partial charge in [-0.15, -0.1) is 0 Å². The first-order valence-corrected chi connectivity index (χ1v) is 10.1. The Labute approximate surface area is 125 Å². The third-order valence-corrected chi connectivity index (χ3v) is 6.90. The van der Waals surface area contributed by atoms with Crippen molar-refractivity contribution in [3.05, 3.63) is 0 Å². The molecule has 1 fully saturated rings. The van der Waals surface area contributed by atoms with Crippen LogP contribution in [0.5, 0.6) is 0 Å². The summed E-state index contributed by atoms with van der Waals surface area (Å²) in [6, 6.07) is 0.496. The van der Waals surface area contributed by atoms with E-state index in [4.69, 9.17) is 0 Å². The zero-order chi connectivity index (χ0) is 15.2. The van der Waals surface area contributed by atoms with Crippen LogP contribution in [0.1, 0.15) is 59.3 Å². The van der Waals surface area contributed by atoms with Crippen LogP contribution in [0.15, 0.2) is 0 Å². The van der Waals surface area contributed by atoms with Crippen molar-refractivity contribution in [3.63, 3.8) is 0 Å². The van der Waals surface area contributed by atoms with E-state index in [1.807, 2.05) is 7.05 Å². The second-order valence-electron chi connectivity index (χ2n) is 6.69. The maximum absolute atomic E-state index is 11.5. The molecule has 0 aliphatic heterocycles. The van der Waals surface area contributed by atoms with Crippen molar-refractivity contribution in [1.29, 1.82) is 0 Å². The van der Waals surface area contributed by atoms with Crippen molar-refractivity contribution in [3.8, 4) is 0 Å². The minimum atomic E-state index is -2.80. The maximum Gasteiger partial charge on any atom is 0.150 e. The molecule has 120 valence electrons. The van der Waals surface area contributed by atoms with Gasteiger partial charge in [0.1, 0.15) is 9.84 Å². The average molecular weight is 304 g/mol. The fraction of sp³-hybridized carbons (Fsp3) is 1.00. The van der Waals surface area contributed by atoms with Gasteiger partial charge in [-0.1, -0.05) is 20.8 Å². The van der Waals surface area contributed by atoms with Gasteiger partial charge >= 0.3 is 0 Å². The lowest BCUT2D eigenvalue weighted by Crippen LogP contribution is -2.36. The van der Waals surface area contributed by atoms with E-state index in [-0.39, 0.29) is 5.75 Å². The SMILES string of the molecule is CCS(=O)(=O)CCCC(NC)C1CCC(C(C)C)CC1. The Morgan fingerprint density at radius 1 is 1.10 bits per heavy atom. The molecule has 0 bridgehead atoms. The summed E-state index contributed by atoms with van der Waals surface area (Å²) in [4.78, 5) is 0. The number of nitrogens with one attached hydrogen (secondary N) is 1. The molecule has 1 atom stereocenters. The number of hydrogen-bond donors (Lipinski definition) is 1. The molecule has 4 heteroatoms. The van der Waals surface area contributed by atoms with Gasteiger partial charge in [0.05, 0.1) is 5.75 Å². The summed E-state index contributed by atoms with van der Waals surface area (Å²) in [7, 11) is -0.781. The second-order valence-corrected chi connectivity index (χ2v) is 9.17. The molecule has 1 aliphatic carbocycles. The van der Waals surface area contributed by atoms with Gasteiger partial charge in [-0.3, -0.25) is 0 Å². The highest BCUT2D eigenvalue weighted by Gasteiger charge is 2.27. The normalized spacial score (nSPS) is 25.9. The zero-order valence-electron chi connectivity index (χ0n) is 13.7. The Morgan fingerprint density at radius 3 is 2.10 bits per heavy atom. The van der Waals surface area contributed by atoms with Gasteiger partial charge in [-0.25, -0.2) is 8.42 Å². The highest BCUT2D eigenvalue weighted by Crippen LogP contribution is 2.35. The van der Waals surface area contributed by atoms with Crippen LogP contribution in [0.4, 0.5) is 0 Å². The molecule has 1 unspecified atom stereocenters. The maximum atomic E-state index is 11.5. The molecule has 1 N–H and O–H groups in total. The Kier molecular flexibility index (Phi) is 7.52. The highest BCUT2D eigenvalue weighted by atomic mass is 32.2. The van der Waals surface area contributed by atoms with Gasteiger partial charge in [0.2, 0.25) is 0 Å². The predicted molar refractivity (Wildman–Crippen MR) is 86.7 cm³/mol. The molecule has 0 aromatic carbocycles. The van der Waals surface area contributed by atoms with Crippen LogP contribution in [0.3, 0.4) is 0 Å². The van der Waals surface area contributed by atoms with Crippen LogP contribution < -0.4 is 5.32 Å². The van der Waals surface area contributed by atoms with E-state index in [0.29, 0.717) is 11.8 Å². The van der Waals surface area contributed by atoms with Gasteiger partial charge < -0.3 is 5.32 Å². The molecule has 0 saturated heterocycles. The van der Waals surface area contributed by atoms with Crippen molar-refractivity contribution >= 4 is 9.84 Å². The molecular weight excluding hydrogens is 270 g/mol. The molecule has 0 spiro atoms. The fourth-order valence-corrected chi connectivity index (χ4v) is 4.39. The van der Waals surface area contributed by atoms with Crippen LogP contribution in [0, 0.1) is 17.8 Å². The summed E-state index contributed by atoms with van der Waals surface area (Å²) in [5.74, 6) is 3.06. The summed E-state index contributed by atoms with van der Waals surface area (Å²) < 4.78 is 23.1. The van der Waals surface area contributed by atoms with Crippen LogP contribution >= 0.6 is 0 Å². The van der Waals surface area contributed by atoms with E-state index in [1.165, 1.54) is 25.7 Å². The molecule has 0 aromatic heterocycles. The van der Waals surface area contributed by atoms with Crippen molar-refractivity contribution in [2.45, 2.75) is 65.3 Å². The van der Waals surface area contributed by atoms with E-state index in [0.717, 1.165) is 30.6 Å². The molecule has 1 aliphatic rings. The molecule has 0 aromatic rings. The van der Waals surface area contributed by atoms with Gasteiger partial charge in [0.25, 0.3) is 0 Å². The third kappa shape index (κ3) is 5.72. The molecular formula is C16H33NO2S. The summed E-state index contributed by atoms with van der Waals surface area (Å²) >= 11 is 0. The Morgan fingerprint density at radius 2 is 1.65 bits per heavy atom. The minimum absolute atomic E-state index is 0.275. The summed E-state index contributed by atoms with van der Waals surface area (Å²) in [5, 5.41) is 3.43. The Hall–Kier alpha value is -0.0900. The Bertz CT molecular complexity index is 357. The minimum Gasteiger partial charge on any atom is -0.317 e. The summed E-state index contributed by atoms with van der Waals surface area (Å²) in [6.07, 6.45) is 7.07. The zero-order valence-corrected chi connectivity index (χ0v) is 14.5. The van der Waals surface area contributed by atoms with E-state index in [2.05, 4.69) is 19.2 Å². The van der Waals surface area contributed by atoms with E-state index >= 15 is 0 Å². The first-order chi connectivity index (χ1) is 9.39. The molecule has 20 heavy (non-hydrogen) atoms. The van der Waals surface area contributed by atoms with Crippen molar-refractivity contribution < 1.29 is 8.42 Å². The van der Waals surface area contributed by atoms with Gasteiger partial charge in [-0.2, -0.15) is 0 Å². The molecule has 0 heterocycles. The van der Waals surface area contributed by atoms with Crippen LogP contribution in [-0.4, -0.2) is 33.0 Å². The lowest BCUT2D eigenvalue weighted by atomic mass is 9.74. The first kappa shape index (κ1) is 18.0. The molecule has 1 saturated carbocycles. The topological polar surface area (TPSA) is 46.2 Å². The number of sulfone groups is 1. The number of rotatable bonds is 8. The lowest BCUT2D eigenvalue weighted by Gasteiger charge is -2.35. The standard InChI is InChI=1S/C16H33NO2S/c1-5-20(18,19)12-6-7-16(17-4)15-10-8-14(9-11-15)13(2)3/h13-17H,5-12H2,1-4H3. The summed E-state index contributed by atoms with van der Waals surface area (Å²) in [5.41, 5.74) is 0. The monoisotopic (exact) mass is 303 g/mol. The highest BCUT2D eigenvalue weighted by molar-refractivity contribution is 7.91. The van der Waals surface area contributed by atoms with E-state index < -0.39 is 9.84 Å². The first-order valence-electron chi connectivity index (χ1n) is 8.27. The molecule has 0 radical (unpaired) electrons. The van der Waals surface area contributed by atoms with Gasteiger partial charge in [-0.05, 0) is 63.3 Å². The molecule has 3 nitrogen and oxygen atoms in total. The van der Waals surface area contributed by atoms with Gasteiger partial charge in [0.15, 0.2) is 0 Å². The largest absolute Gasteiger partial charge is 0.317 e. The van der Waals surface area contributed by atoms with Crippen molar-refractivity contribution in [2.75, 3.05) is 18.6 Å². The van der Waals surface area contributed by atoms with Crippen molar-refractivity contribution in [2.24, 2.45) is 17.8 Å². The Balaban J connectivity index is 2.36. The lowest BCUT2D eigenvalue weighted by molar-refractivity contribution is 0.187. The smallest absolute Gasteiger partial charge is 0.150 e. The van der Waals surface area contributed by atoms with Crippen LogP contribution in [0.25, 0.3) is 0 Å². The second kappa shape index (κ2) is 8.38. The quantitative estimate of drug-likeness (QED) is 0.748. The van der Waals surface area contributed by atoms with Crippen LogP contribution in [0.2, 0.25) is 0 Å². The summed E-state index contributed by atoms with van der Waals surface area (Å²) in [6.45, 7) is 6.39. The predicted octanol–water partition coefficient (Wildman–Crippen LogP) is 3.25. The van der Waals surface area contributed by atoms with Crippen molar-refractivity contribution in [1.82, 2.24) is 5.32 Å². The average Bonchev–Trinajstić information content (AvgIpc) is 2.44. The fourth-order valence-electron chi connectivity index (χ4n) is 3.50.